The number of hydrogen-bond donors (Lipinski definition) is 2. The van der Waals surface area contributed by atoms with Crippen molar-refractivity contribution >= 4 is 70.3 Å². The van der Waals surface area contributed by atoms with Crippen LogP contribution in [0.1, 0.15) is 56.5 Å². The number of halogens is 2. The van der Waals surface area contributed by atoms with E-state index in [0.717, 1.165) is 0 Å². The van der Waals surface area contributed by atoms with Crippen molar-refractivity contribution in [1.29, 1.82) is 0 Å². The smallest absolute Gasteiger partial charge is 0.328 e. The number of nitrogens with one attached hydrogen (secondary N) is 2. The molecule has 2 aromatic carbocycles. The quantitative estimate of drug-likeness (QED) is 0.348. The molecule has 3 amide bonds. The highest BCUT2D eigenvalue weighted by Crippen LogP contribution is 2.51. The van der Waals surface area contributed by atoms with Gasteiger partial charge in [-0.15, -0.1) is 11.8 Å². The average Bonchev–Trinajstić information content (AvgIpc) is 3.14. The van der Waals surface area contributed by atoms with E-state index in [2.05, 4.69) is 15.4 Å². The lowest BCUT2D eigenvalue weighted by atomic mass is 9.97. The standard InChI is InChI=1S/C30H35Cl2N3O7S/c1-29(2)25(35(30(3,4)43-29)22(36)14-15-23(37)41-5)27(39)34-21(28(40)42-6)16-17-10-12-18(13-11-17)33-26(38)24-19(31)8-7-9-20(24)32/h7-13,21,25H,14-16H2,1-6H3,(H,33,38)(H,34,39). The van der Waals surface area contributed by atoms with Crippen molar-refractivity contribution in [3.63, 3.8) is 0 Å². The molecule has 0 spiro atoms. The van der Waals surface area contributed by atoms with Crippen molar-refractivity contribution in [2.75, 3.05) is 19.5 Å². The third-order valence-corrected chi connectivity index (χ3v) is 9.02. The number of ether oxygens (including phenoxy) is 2. The minimum atomic E-state index is -1.06. The Balaban J connectivity index is 1.77. The number of thioether (sulfide) groups is 1. The molecule has 2 unspecified atom stereocenters. The SMILES string of the molecule is COC(=O)CCC(=O)N1C(C(=O)NC(Cc2ccc(NC(=O)c3c(Cl)cccc3Cl)cc2)C(=O)OC)C(C)(C)SC1(C)C. The molecule has 0 saturated carbocycles. The predicted octanol–water partition coefficient (Wildman–Crippen LogP) is 4.86. The summed E-state index contributed by atoms with van der Waals surface area (Å²) >= 11 is 13.7. The van der Waals surface area contributed by atoms with E-state index in [1.165, 1.54) is 30.9 Å². The zero-order valence-corrected chi connectivity index (χ0v) is 27.1. The number of methoxy groups -OCH3 is 2. The normalized spacial score (nSPS) is 17.5. The molecule has 232 valence electrons. The number of esters is 2. The topological polar surface area (TPSA) is 131 Å². The zero-order chi connectivity index (χ0) is 32.1. The van der Waals surface area contributed by atoms with Gasteiger partial charge in [-0.2, -0.15) is 0 Å². The van der Waals surface area contributed by atoms with E-state index >= 15 is 0 Å². The number of nitrogens with zero attached hydrogens (tertiary/aromatic N) is 1. The van der Waals surface area contributed by atoms with E-state index in [-0.39, 0.29) is 40.8 Å². The Bertz CT molecular complexity index is 1380. The monoisotopic (exact) mass is 651 g/mol. The molecular formula is C30H35Cl2N3O7S. The Labute approximate surface area is 265 Å². The first-order chi connectivity index (χ1) is 20.1. The van der Waals surface area contributed by atoms with Crippen molar-refractivity contribution in [3.05, 3.63) is 63.6 Å². The molecule has 2 atom stereocenters. The van der Waals surface area contributed by atoms with E-state index in [4.69, 9.17) is 27.9 Å². The van der Waals surface area contributed by atoms with Crippen LogP contribution in [0.25, 0.3) is 0 Å². The maximum atomic E-state index is 13.8. The number of hydrogen-bond acceptors (Lipinski definition) is 8. The van der Waals surface area contributed by atoms with Crippen LogP contribution < -0.4 is 10.6 Å². The minimum absolute atomic E-state index is 0.0863. The number of carbonyl (C=O) groups is 5. The molecule has 1 aliphatic rings. The number of carbonyl (C=O) groups excluding carboxylic acids is 5. The highest BCUT2D eigenvalue weighted by Gasteiger charge is 2.56. The van der Waals surface area contributed by atoms with E-state index < -0.39 is 45.5 Å². The fourth-order valence-electron chi connectivity index (χ4n) is 5.13. The van der Waals surface area contributed by atoms with Gasteiger partial charge in [0.25, 0.3) is 5.91 Å². The van der Waals surface area contributed by atoms with Gasteiger partial charge in [0.2, 0.25) is 11.8 Å². The van der Waals surface area contributed by atoms with Crippen LogP contribution in [0.5, 0.6) is 0 Å². The van der Waals surface area contributed by atoms with Crippen molar-refractivity contribution in [1.82, 2.24) is 10.2 Å². The van der Waals surface area contributed by atoms with Crippen LogP contribution in [0, 0.1) is 0 Å². The summed E-state index contributed by atoms with van der Waals surface area (Å²) in [5.74, 6) is -2.56. The maximum absolute atomic E-state index is 13.8. The van der Waals surface area contributed by atoms with Gasteiger partial charge in [-0.1, -0.05) is 41.4 Å². The molecule has 1 heterocycles. The van der Waals surface area contributed by atoms with Crippen LogP contribution in [-0.4, -0.2) is 70.5 Å². The number of rotatable bonds is 10. The summed E-state index contributed by atoms with van der Waals surface area (Å²) in [7, 11) is 2.47. The van der Waals surface area contributed by atoms with Crippen LogP contribution in [0.3, 0.4) is 0 Å². The van der Waals surface area contributed by atoms with E-state index in [0.29, 0.717) is 11.3 Å². The fourth-order valence-corrected chi connectivity index (χ4v) is 7.62. The summed E-state index contributed by atoms with van der Waals surface area (Å²) in [5.41, 5.74) is 1.30. The Morgan fingerprint density at radius 2 is 1.53 bits per heavy atom. The van der Waals surface area contributed by atoms with E-state index in [9.17, 15) is 24.0 Å². The summed E-state index contributed by atoms with van der Waals surface area (Å²) in [6.07, 6.45) is -0.153. The third kappa shape index (κ3) is 8.21. The van der Waals surface area contributed by atoms with Gasteiger partial charge in [0.15, 0.2) is 0 Å². The third-order valence-electron chi connectivity index (χ3n) is 6.94. The molecule has 1 saturated heterocycles. The van der Waals surface area contributed by atoms with Crippen LogP contribution in [0.2, 0.25) is 10.0 Å². The lowest BCUT2D eigenvalue weighted by molar-refractivity contribution is -0.149. The second kappa shape index (κ2) is 14.0. The minimum Gasteiger partial charge on any atom is -0.469 e. The number of amides is 3. The number of anilines is 1. The summed E-state index contributed by atoms with van der Waals surface area (Å²) < 4.78 is 8.92. The molecule has 0 aliphatic carbocycles. The summed E-state index contributed by atoms with van der Waals surface area (Å²) in [4.78, 5) is 64.9. The first-order valence-corrected chi connectivity index (χ1v) is 15.0. The molecule has 2 N–H and O–H groups in total. The van der Waals surface area contributed by atoms with Gasteiger partial charge < -0.3 is 25.0 Å². The summed E-state index contributed by atoms with van der Waals surface area (Å²) in [5, 5.41) is 5.95. The summed E-state index contributed by atoms with van der Waals surface area (Å²) in [6, 6.07) is 9.48. The van der Waals surface area contributed by atoms with Crippen molar-refractivity contribution in [3.8, 4) is 0 Å². The molecule has 0 bridgehead atoms. The molecule has 0 radical (unpaired) electrons. The van der Waals surface area contributed by atoms with E-state index in [1.807, 2.05) is 27.7 Å². The second-order valence-corrected chi connectivity index (χ2v) is 14.0. The highest BCUT2D eigenvalue weighted by molar-refractivity contribution is 8.02. The average molecular weight is 653 g/mol. The molecule has 3 rings (SSSR count). The molecule has 10 nitrogen and oxygen atoms in total. The van der Waals surface area contributed by atoms with Crippen LogP contribution in [0.4, 0.5) is 5.69 Å². The van der Waals surface area contributed by atoms with Gasteiger partial charge in [0.1, 0.15) is 12.1 Å². The Kier molecular flexibility index (Phi) is 11.1. The van der Waals surface area contributed by atoms with Gasteiger partial charge >= 0.3 is 11.9 Å². The lowest BCUT2D eigenvalue weighted by Crippen LogP contribution is -2.59. The Hall–Kier alpha value is -3.28. The molecule has 1 fully saturated rings. The molecule has 43 heavy (non-hydrogen) atoms. The first kappa shape index (κ1) is 34.2. The highest BCUT2D eigenvalue weighted by atomic mass is 35.5. The Morgan fingerprint density at radius 3 is 2.09 bits per heavy atom. The largest absolute Gasteiger partial charge is 0.469 e. The fraction of sp³-hybridized carbons (Fsp3) is 0.433. The molecule has 0 aromatic heterocycles. The molecule has 2 aromatic rings. The van der Waals surface area contributed by atoms with Crippen LogP contribution in [-0.2, 0) is 35.1 Å². The zero-order valence-electron chi connectivity index (χ0n) is 24.8. The predicted molar refractivity (Wildman–Crippen MR) is 166 cm³/mol. The number of benzene rings is 2. The van der Waals surface area contributed by atoms with Gasteiger partial charge in [-0.05, 0) is 57.5 Å². The lowest BCUT2D eigenvalue weighted by Gasteiger charge is -2.35. The van der Waals surface area contributed by atoms with Crippen LogP contribution in [0.15, 0.2) is 42.5 Å². The molecular weight excluding hydrogens is 617 g/mol. The Morgan fingerprint density at radius 1 is 0.930 bits per heavy atom. The molecule has 13 heteroatoms. The van der Waals surface area contributed by atoms with Crippen molar-refractivity contribution < 1.29 is 33.4 Å². The molecule has 1 aliphatic heterocycles. The van der Waals surface area contributed by atoms with Crippen molar-refractivity contribution in [2.24, 2.45) is 0 Å². The van der Waals surface area contributed by atoms with Gasteiger partial charge in [-0.25, -0.2) is 4.79 Å². The van der Waals surface area contributed by atoms with Gasteiger partial charge in [0, 0.05) is 23.3 Å². The maximum Gasteiger partial charge on any atom is 0.328 e. The van der Waals surface area contributed by atoms with Gasteiger partial charge in [0.05, 0.1) is 41.1 Å². The van der Waals surface area contributed by atoms with E-state index in [1.54, 1.807) is 42.5 Å². The second-order valence-electron chi connectivity index (χ2n) is 10.9. The first-order valence-electron chi connectivity index (χ1n) is 13.4. The summed E-state index contributed by atoms with van der Waals surface area (Å²) in [6.45, 7) is 7.38. The van der Waals surface area contributed by atoms with Crippen LogP contribution >= 0.6 is 35.0 Å². The van der Waals surface area contributed by atoms with Crippen molar-refractivity contribution in [2.45, 2.75) is 68.7 Å². The van der Waals surface area contributed by atoms with Gasteiger partial charge in [-0.3, -0.25) is 19.2 Å².